The number of carboxylic acids is 1. The number of alkyl halides is 1. The fourth-order valence-corrected chi connectivity index (χ4v) is 4.55. The first-order chi connectivity index (χ1) is 13.9. The molecule has 29 heavy (non-hydrogen) atoms. The monoisotopic (exact) mass is 424 g/mol. The first-order valence-electron chi connectivity index (χ1n) is 10.3. The Hall–Kier alpha value is -1.86. The molecule has 158 valence electrons. The SMILES string of the molecule is O=C(O)[C@@H]1C[C@@H](Cl)CN1C(=O)c1cc(C2CC2)c(OCC2CCNCC2)cc1F. The third-order valence-electron chi connectivity index (χ3n) is 6.08. The van der Waals surface area contributed by atoms with Crippen LogP contribution in [-0.4, -0.2) is 59.5 Å². The van der Waals surface area contributed by atoms with Crippen molar-refractivity contribution in [3.05, 3.63) is 29.1 Å². The summed E-state index contributed by atoms with van der Waals surface area (Å²) in [5.41, 5.74) is 0.746. The second-order valence-corrected chi connectivity index (χ2v) is 8.91. The Kier molecular flexibility index (Phi) is 5.97. The van der Waals surface area contributed by atoms with Crippen LogP contribution in [0.2, 0.25) is 0 Å². The molecule has 0 unspecified atom stereocenters. The molecule has 1 saturated carbocycles. The number of carbonyl (C=O) groups excluding carboxylic acids is 1. The molecule has 8 heteroatoms. The van der Waals surface area contributed by atoms with Gasteiger partial charge in [0.1, 0.15) is 17.6 Å². The van der Waals surface area contributed by atoms with Crippen molar-refractivity contribution in [2.75, 3.05) is 26.2 Å². The van der Waals surface area contributed by atoms with Crippen molar-refractivity contribution in [3.8, 4) is 5.75 Å². The van der Waals surface area contributed by atoms with Crippen molar-refractivity contribution in [1.29, 1.82) is 0 Å². The first-order valence-corrected chi connectivity index (χ1v) is 10.7. The summed E-state index contributed by atoms with van der Waals surface area (Å²) < 4.78 is 20.9. The number of likely N-dealkylation sites (tertiary alicyclic amines) is 1. The second kappa shape index (κ2) is 8.48. The van der Waals surface area contributed by atoms with Gasteiger partial charge in [0.05, 0.1) is 17.5 Å². The summed E-state index contributed by atoms with van der Waals surface area (Å²) in [5, 5.41) is 12.3. The van der Waals surface area contributed by atoms with Crippen molar-refractivity contribution < 1.29 is 23.8 Å². The molecule has 0 spiro atoms. The van der Waals surface area contributed by atoms with Crippen LogP contribution >= 0.6 is 11.6 Å². The number of benzene rings is 1. The van der Waals surface area contributed by atoms with Crippen LogP contribution in [-0.2, 0) is 4.79 Å². The van der Waals surface area contributed by atoms with Crippen LogP contribution in [0.15, 0.2) is 12.1 Å². The Morgan fingerprint density at radius 3 is 2.62 bits per heavy atom. The van der Waals surface area contributed by atoms with Crippen LogP contribution in [0, 0.1) is 11.7 Å². The zero-order chi connectivity index (χ0) is 20.5. The molecule has 3 fully saturated rings. The molecule has 2 atom stereocenters. The first kappa shape index (κ1) is 20.4. The van der Waals surface area contributed by atoms with Gasteiger partial charge in [-0.05, 0) is 68.7 Å². The zero-order valence-electron chi connectivity index (χ0n) is 16.2. The largest absolute Gasteiger partial charge is 0.493 e. The molecule has 6 nitrogen and oxygen atoms in total. The van der Waals surface area contributed by atoms with Gasteiger partial charge in [-0.2, -0.15) is 0 Å². The second-order valence-electron chi connectivity index (χ2n) is 8.29. The van der Waals surface area contributed by atoms with E-state index in [0.717, 1.165) is 44.3 Å². The van der Waals surface area contributed by atoms with Gasteiger partial charge in [-0.1, -0.05) is 0 Å². The third kappa shape index (κ3) is 4.51. The lowest BCUT2D eigenvalue weighted by molar-refractivity contribution is -0.141. The Morgan fingerprint density at radius 1 is 1.24 bits per heavy atom. The minimum Gasteiger partial charge on any atom is -0.493 e. The maximum atomic E-state index is 14.9. The number of hydrogen-bond donors (Lipinski definition) is 2. The minimum absolute atomic E-state index is 0.0990. The highest BCUT2D eigenvalue weighted by Crippen LogP contribution is 2.45. The number of hydrogen-bond acceptors (Lipinski definition) is 4. The number of nitrogens with one attached hydrogen (secondary N) is 1. The van der Waals surface area contributed by atoms with Gasteiger partial charge < -0.3 is 20.1 Å². The normalized spacial score (nSPS) is 25.2. The van der Waals surface area contributed by atoms with E-state index in [-0.39, 0.29) is 24.4 Å². The lowest BCUT2D eigenvalue weighted by atomic mass is 9.99. The number of piperidine rings is 1. The lowest BCUT2D eigenvalue weighted by Crippen LogP contribution is -2.41. The van der Waals surface area contributed by atoms with Crippen LogP contribution in [0.25, 0.3) is 0 Å². The molecule has 0 aromatic heterocycles. The van der Waals surface area contributed by atoms with E-state index in [9.17, 15) is 19.1 Å². The van der Waals surface area contributed by atoms with E-state index in [0.29, 0.717) is 18.3 Å². The van der Waals surface area contributed by atoms with Gasteiger partial charge in [-0.3, -0.25) is 4.79 Å². The molecule has 2 aliphatic heterocycles. The summed E-state index contributed by atoms with van der Waals surface area (Å²) in [7, 11) is 0. The molecule has 1 aromatic carbocycles. The highest BCUT2D eigenvalue weighted by molar-refractivity contribution is 6.21. The van der Waals surface area contributed by atoms with Crippen molar-refractivity contribution in [2.24, 2.45) is 5.92 Å². The topological polar surface area (TPSA) is 78.9 Å². The van der Waals surface area contributed by atoms with Gasteiger partial charge in [0, 0.05) is 12.6 Å². The number of ether oxygens (including phenoxy) is 1. The number of rotatable bonds is 6. The molecule has 1 aromatic rings. The highest BCUT2D eigenvalue weighted by atomic mass is 35.5. The summed E-state index contributed by atoms with van der Waals surface area (Å²) in [6.07, 6.45) is 4.19. The van der Waals surface area contributed by atoms with Crippen LogP contribution < -0.4 is 10.1 Å². The van der Waals surface area contributed by atoms with E-state index >= 15 is 0 Å². The average Bonchev–Trinajstić information content (AvgIpc) is 3.47. The zero-order valence-corrected chi connectivity index (χ0v) is 17.0. The summed E-state index contributed by atoms with van der Waals surface area (Å²) >= 11 is 6.07. The van der Waals surface area contributed by atoms with Crippen LogP contribution in [0.5, 0.6) is 5.75 Å². The average molecular weight is 425 g/mol. The van der Waals surface area contributed by atoms with Gasteiger partial charge >= 0.3 is 5.97 Å². The van der Waals surface area contributed by atoms with Gasteiger partial charge in [0.15, 0.2) is 0 Å². The molecule has 4 rings (SSSR count). The fourth-order valence-electron chi connectivity index (χ4n) is 4.23. The van der Waals surface area contributed by atoms with E-state index in [2.05, 4.69) is 5.32 Å². The van der Waals surface area contributed by atoms with Crippen LogP contribution in [0.3, 0.4) is 0 Å². The van der Waals surface area contributed by atoms with Crippen molar-refractivity contribution in [1.82, 2.24) is 10.2 Å². The summed E-state index contributed by atoms with van der Waals surface area (Å²) in [5.74, 6) is -1.21. The molecule has 0 bridgehead atoms. The Balaban J connectivity index is 1.55. The molecule has 1 amide bonds. The standard InChI is InChI=1S/C21H26ClFN2O4/c22-14-7-18(21(27)28)25(10-14)20(26)16-8-15(13-1-2-13)19(9-17(16)23)29-11-12-3-5-24-6-4-12/h8-9,12-14,18,24H,1-7,10-11H2,(H,27,28)/t14-,18+/m1/s1. The summed E-state index contributed by atoms with van der Waals surface area (Å²) in [6, 6.07) is 1.84. The molecular weight excluding hydrogens is 399 g/mol. The lowest BCUT2D eigenvalue weighted by Gasteiger charge is -2.24. The van der Waals surface area contributed by atoms with Gasteiger partial charge in [-0.25, -0.2) is 9.18 Å². The maximum absolute atomic E-state index is 14.9. The Labute approximate surface area is 174 Å². The van der Waals surface area contributed by atoms with Crippen molar-refractivity contribution in [2.45, 2.75) is 49.4 Å². The summed E-state index contributed by atoms with van der Waals surface area (Å²) in [4.78, 5) is 25.6. The molecule has 2 heterocycles. The van der Waals surface area contributed by atoms with Crippen LogP contribution in [0.4, 0.5) is 4.39 Å². The van der Waals surface area contributed by atoms with Crippen molar-refractivity contribution >= 4 is 23.5 Å². The number of halogens is 2. The number of aliphatic carboxylic acids is 1. The summed E-state index contributed by atoms with van der Waals surface area (Å²) in [6.45, 7) is 2.57. The maximum Gasteiger partial charge on any atom is 0.326 e. The van der Waals surface area contributed by atoms with E-state index in [1.165, 1.54) is 11.0 Å². The van der Waals surface area contributed by atoms with Gasteiger partial charge in [0.25, 0.3) is 5.91 Å². The predicted molar refractivity (Wildman–Crippen MR) is 106 cm³/mol. The minimum atomic E-state index is -1.12. The molecular formula is C21H26ClFN2O4. The predicted octanol–water partition coefficient (Wildman–Crippen LogP) is 2.99. The van der Waals surface area contributed by atoms with Gasteiger partial charge in [0.2, 0.25) is 0 Å². The quantitative estimate of drug-likeness (QED) is 0.686. The van der Waals surface area contributed by atoms with E-state index < -0.39 is 29.1 Å². The molecule has 2 saturated heterocycles. The Bertz CT molecular complexity index is 795. The van der Waals surface area contributed by atoms with Crippen LogP contribution in [0.1, 0.15) is 53.9 Å². The van der Waals surface area contributed by atoms with E-state index in [1.807, 2.05) is 0 Å². The fraction of sp³-hybridized carbons (Fsp3) is 0.619. The molecule has 3 aliphatic rings. The number of amides is 1. The molecule has 1 aliphatic carbocycles. The van der Waals surface area contributed by atoms with Crippen molar-refractivity contribution in [3.63, 3.8) is 0 Å². The smallest absolute Gasteiger partial charge is 0.326 e. The molecule has 2 N–H and O–H groups in total. The van der Waals surface area contributed by atoms with Gasteiger partial charge in [-0.15, -0.1) is 11.6 Å². The number of nitrogens with zero attached hydrogens (tertiary/aromatic N) is 1. The Morgan fingerprint density at radius 2 is 1.97 bits per heavy atom. The molecule has 0 radical (unpaired) electrons. The van der Waals surface area contributed by atoms with E-state index in [1.54, 1.807) is 6.07 Å². The van der Waals surface area contributed by atoms with E-state index in [4.69, 9.17) is 16.3 Å². The number of carbonyl (C=O) groups is 2. The highest BCUT2D eigenvalue weighted by Gasteiger charge is 2.40. The third-order valence-corrected chi connectivity index (χ3v) is 6.39. The number of carboxylic acid groups (broad SMARTS) is 1.